The van der Waals surface area contributed by atoms with Crippen LogP contribution in [0.3, 0.4) is 0 Å². The van der Waals surface area contributed by atoms with Crippen molar-refractivity contribution in [3.63, 3.8) is 0 Å². The normalized spacial score (nSPS) is 25.0. The van der Waals surface area contributed by atoms with Gasteiger partial charge in [-0.05, 0) is 61.3 Å². The summed E-state index contributed by atoms with van der Waals surface area (Å²) in [5.41, 5.74) is 2.76. The van der Waals surface area contributed by atoms with Gasteiger partial charge in [0.2, 0.25) is 6.41 Å². The molecule has 21 heavy (non-hydrogen) atoms. The van der Waals surface area contributed by atoms with Gasteiger partial charge in [0.1, 0.15) is 5.75 Å². The minimum absolute atomic E-state index is 0.245. The summed E-state index contributed by atoms with van der Waals surface area (Å²) in [7, 11) is 1.68. The third-order valence-corrected chi connectivity index (χ3v) is 4.85. The number of methoxy groups -OCH3 is 1. The Morgan fingerprint density at radius 3 is 2.81 bits per heavy atom. The van der Waals surface area contributed by atoms with Crippen molar-refractivity contribution in [2.24, 2.45) is 5.92 Å². The van der Waals surface area contributed by atoms with Gasteiger partial charge in [0.15, 0.2) is 0 Å². The van der Waals surface area contributed by atoms with Crippen molar-refractivity contribution < 1.29 is 9.53 Å². The molecule has 0 aromatic heterocycles. The van der Waals surface area contributed by atoms with Crippen LogP contribution in [0.25, 0.3) is 0 Å². The Morgan fingerprint density at radius 2 is 2.10 bits per heavy atom. The zero-order valence-corrected chi connectivity index (χ0v) is 12.6. The molecule has 1 amide bonds. The van der Waals surface area contributed by atoms with Crippen molar-refractivity contribution >= 4 is 6.41 Å². The van der Waals surface area contributed by atoms with E-state index in [0.717, 1.165) is 38.0 Å². The van der Waals surface area contributed by atoms with E-state index in [1.807, 2.05) is 17.0 Å². The van der Waals surface area contributed by atoms with Crippen molar-refractivity contribution in [1.82, 2.24) is 4.90 Å². The average Bonchev–Trinajstić information content (AvgIpc) is 2.56. The molecular formula is C18H23NO2. The van der Waals surface area contributed by atoms with Crippen molar-refractivity contribution in [2.45, 2.75) is 38.1 Å². The van der Waals surface area contributed by atoms with Gasteiger partial charge in [0.25, 0.3) is 0 Å². The highest BCUT2D eigenvalue weighted by Crippen LogP contribution is 2.36. The molecule has 112 valence electrons. The number of ether oxygens (including phenoxy) is 1. The Balaban J connectivity index is 1.81. The zero-order valence-electron chi connectivity index (χ0n) is 12.6. The van der Waals surface area contributed by atoms with Gasteiger partial charge in [0.05, 0.1) is 13.2 Å². The minimum atomic E-state index is 0.245. The number of rotatable bonds is 4. The first-order valence-corrected chi connectivity index (χ1v) is 7.85. The summed E-state index contributed by atoms with van der Waals surface area (Å²) in [4.78, 5) is 13.4. The monoisotopic (exact) mass is 285 g/mol. The molecule has 0 N–H and O–H groups in total. The van der Waals surface area contributed by atoms with E-state index in [-0.39, 0.29) is 6.04 Å². The van der Waals surface area contributed by atoms with E-state index in [4.69, 9.17) is 4.74 Å². The fourth-order valence-corrected chi connectivity index (χ4v) is 3.68. The van der Waals surface area contributed by atoms with Gasteiger partial charge >= 0.3 is 0 Å². The second-order valence-corrected chi connectivity index (χ2v) is 6.03. The number of carbonyl (C=O) groups excluding carboxylic acids is 1. The molecule has 1 aromatic carbocycles. The lowest BCUT2D eigenvalue weighted by molar-refractivity contribution is -0.120. The molecule has 3 nitrogen and oxygen atoms in total. The van der Waals surface area contributed by atoms with Crippen LogP contribution in [-0.2, 0) is 11.2 Å². The summed E-state index contributed by atoms with van der Waals surface area (Å²) in [5.74, 6) is 1.57. The Kier molecular flexibility index (Phi) is 4.28. The first-order chi connectivity index (χ1) is 10.3. The van der Waals surface area contributed by atoms with E-state index in [1.165, 1.54) is 24.0 Å². The van der Waals surface area contributed by atoms with Gasteiger partial charge in [-0.15, -0.1) is 0 Å². The second kappa shape index (κ2) is 6.33. The maximum Gasteiger partial charge on any atom is 0.210 e. The molecule has 1 aliphatic heterocycles. The summed E-state index contributed by atoms with van der Waals surface area (Å²) < 4.78 is 5.21. The minimum Gasteiger partial charge on any atom is -0.497 e. The van der Waals surface area contributed by atoms with E-state index < -0.39 is 0 Å². The molecule has 0 saturated carbocycles. The molecular weight excluding hydrogens is 262 g/mol. The average molecular weight is 285 g/mol. The van der Waals surface area contributed by atoms with Crippen LogP contribution in [0, 0.1) is 5.92 Å². The van der Waals surface area contributed by atoms with Gasteiger partial charge < -0.3 is 9.64 Å². The number of hydrogen-bond acceptors (Lipinski definition) is 2. The predicted molar refractivity (Wildman–Crippen MR) is 83.3 cm³/mol. The van der Waals surface area contributed by atoms with Gasteiger partial charge in [-0.2, -0.15) is 0 Å². The van der Waals surface area contributed by atoms with Gasteiger partial charge in [-0.1, -0.05) is 18.2 Å². The summed E-state index contributed by atoms with van der Waals surface area (Å²) in [6.07, 6.45) is 9.20. The lowest BCUT2D eigenvalue weighted by atomic mass is 9.77. The molecule has 2 atom stereocenters. The zero-order chi connectivity index (χ0) is 14.7. The number of nitrogens with zero attached hydrogens (tertiary/aromatic N) is 1. The molecule has 2 aliphatic rings. The van der Waals surface area contributed by atoms with E-state index in [9.17, 15) is 4.79 Å². The van der Waals surface area contributed by atoms with E-state index >= 15 is 0 Å². The maximum atomic E-state index is 11.4. The van der Waals surface area contributed by atoms with E-state index in [2.05, 4.69) is 18.2 Å². The van der Waals surface area contributed by atoms with Crippen molar-refractivity contribution in [3.05, 3.63) is 41.5 Å². The number of hydrogen-bond donors (Lipinski definition) is 0. The Morgan fingerprint density at radius 1 is 1.29 bits per heavy atom. The smallest absolute Gasteiger partial charge is 0.210 e. The molecule has 1 aliphatic carbocycles. The van der Waals surface area contributed by atoms with E-state index in [0.29, 0.717) is 5.92 Å². The van der Waals surface area contributed by atoms with Crippen LogP contribution in [0.5, 0.6) is 5.75 Å². The van der Waals surface area contributed by atoms with Crippen LogP contribution < -0.4 is 4.74 Å². The molecule has 1 fully saturated rings. The first-order valence-electron chi connectivity index (χ1n) is 7.85. The quantitative estimate of drug-likeness (QED) is 0.628. The number of benzene rings is 1. The van der Waals surface area contributed by atoms with E-state index in [1.54, 1.807) is 7.11 Å². The largest absolute Gasteiger partial charge is 0.497 e. The fourth-order valence-electron chi connectivity index (χ4n) is 3.68. The molecule has 3 heteroatoms. The summed E-state index contributed by atoms with van der Waals surface area (Å²) in [6, 6.07) is 8.45. The van der Waals surface area contributed by atoms with Crippen LogP contribution >= 0.6 is 0 Å². The highest BCUT2D eigenvalue weighted by Gasteiger charge is 2.33. The van der Waals surface area contributed by atoms with Crippen molar-refractivity contribution in [2.75, 3.05) is 13.7 Å². The number of carbonyl (C=O) groups is 1. The second-order valence-electron chi connectivity index (χ2n) is 6.03. The number of likely N-dealkylation sites (tertiary alicyclic amines) is 1. The fraction of sp³-hybridized carbons (Fsp3) is 0.500. The third-order valence-electron chi connectivity index (χ3n) is 4.85. The lowest BCUT2D eigenvalue weighted by Crippen LogP contribution is -2.45. The van der Waals surface area contributed by atoms with Crippen LogP contribution in [0.1, 0.15) is 31.2 Å². The van der Waals surface area contributed by atoms with Crippen LogP contribution in [0.4, 0.5) is 0 Å². The van der Waals surface area contributed by atoms with Gasteiger partial charge in [0, 0.05) is 6.54 Å². The predicted octanol–water partition coefficient (Wildman–Crippen LogP) is 3.19. The molecule has 0 spiro atoms. The Labute approximate surface area is 126 Å². The standard InChI is InChI=1S/C18H23NO2/c1-21-16-8-6-14(7-9-16)12-18-17-5-3-2-4-15(17)10-11-19(18)13-20/h5-9,13,15,18H,2-4,10-12H2,1H3. The van der Waals surface area contributed by atoms with Crippen LogP contribution in [0.2, 0.25) is 0 Å². The van der Waals surface area contributed by atoms with Gasteiger partial charge in [-0.3, -0.25) is 4.79 Å². The van der Waals surface area contributed by atoms with Crippen LogP contribution in [0.15, 0.2) is 35.9 Å². The highest BCUT2D eigenvalue weighted by molar-refractivity contribution is 5.50. The molecule has 0 radical (unpaired) electrons. The first kappa shape index (κ1) is 14.2. The number of amides is 1. The highest BCUT2D eigenvalue weighted by atomic mass is 16.5. The summed E-state index contributed by atoms with van der Waals surface area (Å²) in [5, 5.41) is 0. The summed E-state index contributed by atoms with van der Waals surface area (Å²) >= 11 is 0. The molecule has 1 aromatic rings. The molecule has 1 heterocycles. The topological polar surface area (TPSA) is 29.5 Å². The molecule has 3 rings (SSSR count). The van der Waals surface area contributed by atoms with Crippen molar-refractivity contribution in [1.29, 1.82) is 0 Å². The summed E-state index contributed by atoms with van der Waals surface area (Å²) in [6.45, 7) is 0.895. The Hall–Kier alpha value is -1.77. The Bertz CT molecular complexity index is 521. The lowest BCUT2D eigenvalue weighted by Gasteiger charge is -2.41. The molecule has 0 bridgehead atoms. The number of fused-ring (bicyclic) bond motifs is 1. The van der Waals surface area contributed by atoms with Gasteiger partial charge in [-0.25, -0.2) is 0 Å². The maximum absolute atomic E-state index is 11.4. The molecule has 1 saturated heterocycles. The number of piperidine rings is 1. The van der Waals surface area contributed by atoms with Crippen molar-refractivity contribution in [3.8, 4) is 5.75 Å². The molecule has 2 unspecified atom stereocenters. The SMILES string of the molecule is COc1ccc(CC2C3=CCCCC3CCN2C=O)cc1. The van der Waals surface area contributed by atoms with Crippen LogP contribution in [-0.4, -0.2) is 31.0 Å². The number of allylic oxidation sites excluding steroid dienone is 1. The third kappa shape index (κ3) is 2.97.